The average molecular weight is 333 g/mol. The van der Waals surface area contributed by atoms with Crippen LogP contribution in [-0.2, 0) is 11.2 Å². The summed E-state index contributed by atoms with van der Waals surface area (Å²) in [6.07, 6.45) is 2.31. The van der Waals surface area contributed by atoms with E-state index < -0.39 is 0 Å². The highest BCUT2D eigenvalue weighted by Crippen LogP contribution is 2.33. The minimum atomic E-state index is 0.00907. The molecule has 0 aliphatic carbocycles. The van der Waals surface area contributed by atoms with Crippen LogP contribution >= 0.6 is 11.6 Å². The van der Waals surface area contributed by atoms with Gasteiger partial charge in [-0.3, -0.25) is 4.79 Å². The lowest BCUT2D eigenvalue weighted by Crippen LogP contribution is -2.31. The van der Waals surface area contributed by atoms with Crippen LogP contribution in [0.2, 0.25) is 5.02 Å². The molecule has 1 aromatic heterocycles. The molecule has 1 aliphatic rings. The molecule has 0 bridgehead atoms. The SMILES string of the molecule is CC(C)c1cc(C2CCCN2C(=O)Cc2ccc(Cl)cc2)on1. The normalized spacial score (nSPS) is 17.9. The maximum Gasteiger partial charge on any atom is 0.227 e. The molecule has 23 heavy (non-hydrogen) atoms. The van der Waals surface area contributed by atoms with E-state index in [4.69, 9.17) is 16.1 Å². The Morgan fingerprint density at radius 2 is 2.13 bits per heavy atom. The van der Waals surface area contributed by atoms with Gasteiger partial charge in [0, 0.05) is 17.6 Å². The molecule has 0 radical (unpaired) electrons. The summed E-state index contributed by atoms with van der Waals surface area (Å²) in [6, 6.07) is 9.43. The Morgan fingerprint density at radius 3 is 2.78 bits per heavy atom. The van der Waals surface area contributed by atoms with Crippen LogP contribution in [-0.4, -0.2) is 22.5 Å². The second-order valence-electron chi connectivity index (χ2n) is 6.36. The third-order valence-electron chi connectivity index (χ3n) is 4.31. The minimum Gasteiger partial charge on any atom is -0.359 e. The fraction of sp³-hybridized carbons (Fsp3) is 0.444. The van der Waals surface area contributed by atoms with Gasteiger partial charge in [-0.1, -0.05) is 42.7 Å². The maximum atomic E-state index is 12.7. The van der Waals surface area contributed by atoms with Crippen molar-refractivity contribution >= 4 is 17.5 Å². The number of nitrogens with zero attached hydrogens (tertiary/aromatic N) is 2. The summed E-state index contributed by atoms with van der Waals surface area (Å²) in [6.45, 7) is 4.94. The molecule has 1 amide bonds. The zero-order valence-electron chi connectivity index (χ0n) is 13.5. The first-order chi connectivity index (χ1) is 11.0. The monoisotopic (exact) mass is 332 g/mol. The van der Waals surface area contributed by atoms with E-state index in [1.807, 2.05) is 35.2 Å². The van der Waals surface area contributed by atoms with Gasteiger partial charge in [0.2, 0.25) is 5.91 Å². The summed E-state index contributed by atoms with van der Waals surface area (Å²) in [4.78, 5) is 14.6. The van der Waals surface area contributed by atoms with E-state index in [1.54, 1.807) is 0 Å². The van der Waals surface area contributed by atoms with Gasteiger partial charge in [0.1, 0.15) is 0 Å². The molecule has 0 N–H and O–H groups in total. The fourth-order valence-electron chi connectivity index (χ4n) is 2.97. The molecule has 122 valence electrons. The van der Waals surface area contributed by atoms with E-state index in [2.05, 4.69) is 19.0 Å². The standard InChI is InChI=1S/C18H21ClN2O2/c1-12(2)15-11-17(23-20-15)16-4-3-9-21(16)18(22)10-13-5-7-14(19)8-6-13/h5-8,11-12,16H,3-4,9-10H2,1-2H3. The first-order valence-corrected chi connectivity index (χ1v) is 8.43. The van der Waals surface area contributed by atoms with Crippen molar-refractivity contribution in [1.29, 1.82) is 0 Å². The Bertz CT molecular complexity index is 679. The third kappa shape index (κ3) is 3.58. The largest absolute Gasteiger partial charge is 0.359 e. The molecule has 0 saturated carbocycles. The van der Waals surface area contributed by atoms with Gasteiger partial charge in [0.15, 0.2) is 5.76 Å². The Kier molecular flexibility index (Phi) is 4.71. The number of halogens is 1. The lowest BCUT2D eigenvalue weighted by Gasteiger charge is -2.22. The van der Waals surface area contributed by atoms with E-state index in [0.717, 1.165) is 36.4 Å². The first kappa shape index (κ1) is 16.1. The van der Waals surface area contributed by atoms with Gasteiger partial charge in [-0.25, -0.2) is 0 Å². The summed E-state index contributed by atoms with van der Waals surface area (Å²) < 4.78 is 5.49. The molecule has 1 unspecified atom stereocenters. The van der Waals surface area contributed by atoms with Crippen molar-refractivity contribution in [1.82, 2.24) is 10.1 Å². The van der Waals surface area contributed by atoms with E-state index in [0.29, 0.717) is 17.4 Å². The van der Waals surface area contributed by atoms with Gasteiger partial charge in [-0.05, 0) is 36.5 Å². The van der Waals surface area contributed by atoms with Crippen LogP contribution in [0.1, 0.15) is 55.7 Å². The number of amides is 1. The van der Waals surface area contributed by atoms with Gasteiger partial charge < -0.3 is 9.42 Å². The zero-order chi connectivity index (χ0) is 16.4. The molecule has 3 rings (SSSR count). The number of benzene rings is 1. The van der Waals surface area contributed by atoms with Crippen LogP contribution in [0.25, 0.3) is 0 Å². The average Bonchev–Trinajstić information content (AvgIpc) is 3.17. The van der Waals surface area contributed by atoms with Crippen LogP contribution < -0.4 is 0 Å². The quantitative estimate of drug-likeness (QED) is 0.835. The lowest BCUT2D eigenvalue weighted by atomic mass is 10.1. The molecular weight excluding hydrogens is 312 g/mol. The van der Waals surface area contributed by atoms with E-state index in [1.165, 1.54) is 0 Å². The van der Waals surface area contributed by atoms with Crippen LogP contribution in [0.5, 0.6) is 0 Å². The summed E-state index contributed by atoms with van der Waals surface area (Å²) in [5.41, 5.74) is 1.92. The highest BCUT2D eigenvalue weighted by molar-refractivity contribution is 6.30. The number of carbonyl (C=O) groups excluding carboxylic acids is 1. The second kappa shape index (κ2) is 6.75. The number of carbonyl (C=O) groups is 1. The lowest BCUT2D eigenvalue weighted by molar-refractivity contribution is -0.131. The molecular formula is C18H21ClN2O2. The van der Waals surface area contributed by atoms with Crippen LogP contribution in [0, 0.1) is 0 Å². The highest BCUT2D eigenvalue weighted by Gasteiger charge is 2.32. The molecule has 4 nitrogen and oxygen atoms in total. The number of rotatable bonds is 4. The summed E-state index contributed by atoms with van der Waals surface area (Å²) in [7, 11) is 0. The molecule has 1 saturated heterocycles. The van der Waals surface area contributed by atoms with Crippen LogP contribution in [0.15, 0.2) is 34.9 Å². The number of hydrogen-bond donors (Lipinski definition) is 0. The van der Waals surface area contributed by atoms with Crippen molar-refractivity contribution in [3.8, 4) is 0 Å². The van der Waals surface area contributed by atoms with Crippen LogP contribution in [0.4, 0.5) is 0 Å². The summed E-state index contributed by atoms with van der Waals surface area (Å²) in [5.74, 6) is 1.25. The predicted octanol–water partition coefficient (Wildman–Crippen LogP) is 4.36. The Labute approximate surface area is 141 Å². The molecule has 2 aromatic rings. The smallest absolute Gasteiger partial charge is 0.227 e. The van der Waals surface area contributed by atoms with Crippen molar-refractivity contribution in [2.75, 3.05) is 6.54 Å². The highest BCUT2D eigenvalue weighted by atomic mass is 35.5. The minimum absolute atomic E-state index is 0.00907. The second-order valence-corrected chi connectivity index (χ2v) is 6.79. The van der Waals surface area contributed by atoms with Crippen molar-refractivity contribution in [3.63, 3.8) is 0 Å². The predicted molar refractivity (Wildman–Crippen MR) is 89.4 cm³/mol. The molecule has 5 heteroatoms. The maximum absolute atomic E-state index is 12.7. The molecule has 1 aromatic carbocycles. The van der Waals surface area contributed by atoms with Crippen molar-refractivity contribution < 1.29 is 9.32 Å². The molecule has 0 spiro atoms. The molecule has 1 aliphatic heterocycles. The zero-order valence-corrected chi connectivity index (χ0v) is 14.2. The Hall–Kier alpha value is -1.81. The molecule has 1 atom stereocenters. The van der Waals surface area contributed by atoms with Gasteiger partial charge >= 0.3 is 0 Å². The summed E-state index contributed by atoms with van der Waals surface area (Å²) in [5, 5.41) is 4.80. The fourth-order valence-corrected chi connectivity index (χ4v) is 3.10. The van der Waals surface area contributed by atoms with Crippen molar-refractivity contribution in [2.45, 2.75) is 45.1 Å². The Morgan fingerprint density at radius 1 is 1.39 bits per heavy atom. The van der Waals surface area contributed by atoms with Gasteiger partial charge in [-0.2, -0.15) is 0 Å². The van der Waals surface area contributed by atoms with Gasteiger partial charge in [-0.15, -0.1) is 0 Å². The van der Waals surface area contributed by atoms with Crippen LogP contribution in [0.3, 0.4) is 0 Å². The van der Waals surface area contributed by atoms with Gasteiger partial charge in [0.05, 0.1) is 18.2 Å². The van der Waals surface area contributed by atoms with Crippen molar-refractivity contribution in [3.05, 3.63) is 52.4 Å². The number of aromatic nitrogens is 1. The van der Waals surface area contributed by atoms with Gasteiger partial charge in [0.25, 0.3) is 0 Å². The summed E-state index contributed by atoms with van der Waals surface area (Å²) >= 11 is 5.89. The molecule has 2 heterocycles. The number of hydrogen-bond acceptors (Lipinski definition) is 3. The van der Waals surface area contributed by atoms with E-state index >= 15 is 0 Å². The third-order valence-corrected chi connectivity index (χ3v) is 4.56. The first-order valence-electron chi connectivity index (χ1n) is 8.05. The number of likely N-dealkylation sites (tertiary alicyclic amines) is 1. The molecule has 1 fully saturated rings. The topological polar surface area (TPSA) is 46.3 Å². The van der Waals surface area contributed by atoms with E-state index in [9.17, 15) is 4.79 Å². The van der Waals surface area contributed by atoms with Crippen molar-refractivity contribution in [2.24, 2.45) is 0 Å². The van der Waals surface area contributed by atoms with E-state index in [-0.39, 0.29) is 11.9 Å². The Balaban J connectivity index is 1.72.